The topological polar surface area (TPSA) is 17.1 Å². The number of hydrogen-bond acceptors (Lipinski definition) is 2. The molecule has 0 heterocycles. The van der Waals surface area contributed by atoms with E-state index in [9.17, 15) is 9.18 Å². The van der Waals surface area contributed by atoms with Gasteiger partial charge in [0.15, 0.2) is 5.78 Å². The van der Waals surface area contributed by atoms with Gasteiger partial charge in [0.25, 0.3) is 0 Å². The van der Waals surface area contributed by atoms with E-state index in [4.69, 9.17) is 0 Å². The van der Waals surface area contributed by atoms with Crippen LogP contribution < -0.4 is 0 Å². The summed E-state index contributed by atoms with van der Waals surface area (Å²) in [5.41, 5.74) is 0.666. The number of ketones is 1. The molecule has 0 atom stereocenters. The van der Waals surface area contributed by atoms with Crippen LogP contribution in [0.2, 0.25) is 0 Å². The SMILES string of the molecule is O=C(CSc1ccccc1F)c1ccc(I)cc1. The van der Waals surface area contributed by atoms with Crippen LogP contribution in [0.5, 0.6) is 0 Å². The van der Waals surface area contributed by atoms with Gasteiger partial charge < -0.3 is 0 Å². The van der Waals surface area contributed by atoms with Crippen LogP contribution in [0.15, 0.2) is 53.4 Å². The molecule has 1 nitrogen and oxygen atoms in total. The Bertz CT molecular complexity index is 554. The highest BCUT2D eigenvalue weighted by molar-refractivity contribution is 14.1. The van der Waals surface area contributed by atoms with Crippen molar-refractivity contribution in [3.8, 4) is 0 Å². The summed E-state index contributed by atoms with van der Waals surface area (Å²) in [6.45, 7) is 0. The summed E-state index contributed by atoms with van der Waals surface area (Å²) in [5.74, 6) is -0.0146. The highest BCUT2D eigenvalue weighted by Gasteiger charge is 2.08. The summed E-state index contributed by atoms with van der Waals surface area (Å²) in [6, 6.07) is 13.9. The lowest BCUT2D eigenvalue weighted by Crippen LogP contribution is -2.02. The second-order valence-electron chi connectivity index (χ2n) is 3.65. The van der Waals surface area contributed by atoms with Crippen LogP contribution in [0.25, 0.3) is 0 Å². The Morgan fingerprint density at radius 2 is 1.78 bits per heavy atom. The fourth-order valence-corrected chi connectivity index (χ4v) is 2.62. The first-order chi connectivity index (χ1) is 8.66. The zero-order chi connectivity index (χ0) is 13.0. The lowest BCUT2D eigenvalue weighted by Gasteiger charge is -2.03. The van der Waals surface area contributed by atoms with Gasteiger partial charge in [0.1, 0.15) is 5.82 Å². The Hall–Kier alpha value is -0.880. The molecule has 0 amide bonds. The normalized spacial score (nSPS) is 10.3. The van der Waals surface area contributed by atoms with Gasteiger partial charge in [0.05, 0.1) is 5.75 Å². The first kappa shape index (κ1) is 13.5. The third kappa shape index (κ3) is 3.55. The third-order valence-corrected chi connectivity index (χ3v) is 4.13. The van der Waals surface area contributed by atoms with E-state index in [1.807, 2.05) is 12.1 Å². The molecule has 92 valence electrons. The van der Waals surface area contributed by atoms with Crippen molar-refractivity contribution in [2.75, 3.05) is 5.75 Å². The van der Waals surface area contributed by atoms with Gasteiger partial charge in [-0.25, -0.2) is 4.39 Å². The van der Waals surface area contributed by atoms with E-state index in [1.165, 1.54) is 17.8 Å². The molecule has 0 aliphatic rings. The molecule has 2 rings (SSSR count). The van der Waals surface area contributed by atoms with Crippen molar-refractivity contribution in [1.29, 1.82) is 0 Å². The number of hydrogen-bond donors (Lipinski definition) is 0. The molecule has 0 unspecified atom stereocenters. The first-order valence-corrected chi connectivity index (χ1v) is 7.39. The maximum Gasteiger partial charge on any atom is 0.173 e. The molecule has 0 saturated carbocycles. The van der Waals surface area contributed by atoms with Crippen LogP contribution >= 0.6 is 34.4 Å². The van der Waals surface area contributed by atoms with E-state index in [0.29, 0.717) is 10.5 Å². The van der Waals surface area contributed by atoms with Crippen molar-refractivity contribution in [2.45, 2.75) is 4.90 Å². The number of carbonyl (C=O) groups is 1. The molecule has 0 N–H and O–H groups in total. The molecule has 2 aromatic rings. The maximum atomic E-state index is 13.4. The van der Waals surface area contributed by atoms with Crippen LogP contribution in [0, 0.1) is 9.39 Å². The average Bonchev–Trinajstić information content (AvgIpc) is 2.38. The van der Waals surface area contributed by atoms with Gasteiger partial charge in [0.2, 0.25) is 0 Å². The molecule has 4 heteroatoms. The van der Waals surface area contributed by atoms with Gasteiger partial charge in [-0.3, -0.25) is 4.79 Å². The summed E-state index contributed by atoms with van der Waals surface area (Å²) < 4.78 is 14.5. The summed E-state index contributed by atoms with van der Waals surface area (Å²) in [6.07, 6.45) is 0. The van der Waals surface area contributed by atoms with Crippen molar-refractivity contribution in [1.82, 2.24) is 0 Å². The summed E-state index contributed by atoms with van der Waals surface area (Å²) in [4.78, 5) is 12.4. The summed E-state index contributed by atoms with van der Waals surface area (Å²) in [7, 11) is 0. The first-order valence-electron chi connectivity index (χ1n) is 5.33. The predicted octanol–water partition coefficient (Wildman–Crippen LogP) is 4.41. The highest BCUT2D eigenvalue weighted by atomic mass is 127. The highest BCUT2D eigenvalue weighted by Crippen LogP contribution is 2.22. The molecule has 18 heavy (non-hydrogen) atoms. The molecule has 0 spiro atoms. The Balaban J connectivity index is 2.01. The van der Waals surface area contributed by atoms with E-state index >= 15 is 0 Å². The Morgan fingerprint density at radius 3 is 2.44 bits per heavy atom. The fourth-order valence-electron chi connectivity index (χ4n) is 1.42. The number of rotatable bonds is 4. The van der Waals surface area contributed by atoms with Crippen molar-refractivity contribution < 1.29 is 9.18 Å². The summed E-state index contributed by atoms with van der Waals surface area (Å²) >= 11 is 3.42. The van der Waals surface area contributed by atoms with E-state index in [1.54, 1.807) is 30.3 Å². The molecule has 0 radical (unpaired) electrons. The standard InChI is InChI=1S/C14H10FIOS/c15-12-3-1-2-4-14(12)18-9-13(17)10-5-7-11(16)8-6-10/h1-8H,9H2. The molecule has 0 aliphatic carbocycles. The van der Waals surface area contributed by atoms with Crippen LogP contribution in [-0.2, 0) is 0 Å². The molecule has 0 saturated heterocycles. The van der Waals surface area contributed by atoms with E-state index in [-0.39, 0.29) is 17.4 Å². The van der Waals surface area contributed by atoms with Crippen LogP contribution in [0.3, 0.4) is 0 Å². The molecular formula is C14H10FIOS. The van der Waals surface area contributed by atoms with E-state index < -0.39 is 0 Å². The van der Waals surface area contributed by atoms with Crippen molar-refractivity contribution in [3.63, 3.8) is 0 Å². The molecular weight excluding hydrogens is 362 g/mol. The Morgan fingerprint density at radius 1 is 1.11 bits per heavy atom. The second-order valence-corrected chi connectivity index (χ2v) is 5.91. The van der Waals surface area contributed by atoms with Gasteiger partial charge in [-0.1, -0.05) is 24.3 Å². The minimum Gasteiger partial charge on any atom is -0.293 e. The molecule has 2 aromatic carbocycles. The lowest BCUT2D eigenvalue weighted by molar-refractivity contribution is 0.102. The van der Waals surface area contributed by atoms with Gasteiger partial charge in [-0.2, -0.15) is 0 Å². The largest absolute Gasteiger partial charge is 0.293 e. The number of Topliss-reactive ketones (excluding diaryl/α,β-unsaturated/α-hetero) is 1. The molecule has 0 aliphatic heterocycles. The van der Waals surface area contributed by atoms with Crippen LogP contribution in [0.1, 0.15) is 10.4 Å². The van der Waals surface area contributed by atoms with E-state index in [0.717, 1.165) is 3.57 Å². The minimum atomic E-state index is -0.280. The Labute approximate surface area is 123 Å². The zero-order valence-corrected chi connectivity index (χ0v) is 12.4. The van der Waals surface area contributed by atoms with Gasteiger partial charge in [-0.05, 0) is 46.9 Å². The average molecular weight is 372 g/mol. The zero-order valence-electron chi connectivity index (χ0n) is 9.40. The van der Waals surface area contributed by atoms with Crippen molar-refractivity contribution >= 4 is 40.1 Å². The monoisotopic (exact) mass is 372 g/mol. The van der Waals surface area contributed by atoms with Crippen molar-refractivity contribution in [3.05, 3.63) is 63.5 Å². The summed E-state index contributed by atoms with van der Waals surface area (Å²) in [5, 5.41) is 0. The van der Waals surface area contributed by atoms with Crippen LogP contribution in [-0.4, -0.2) is 11.5 Å². The van der Waals surface area contributed by atoms with Crippen LogP contribution in [0.4, 0.5) is 4.39 Å². The molecule has 0 aromatic heterocycles. The number of halogens is 2. The number of benzene rings is 2. The maximum absolute atomic E-state index is 13.4. The van der Waals surface area contributed by atoms with Gasteiger partial charge >= 0.3 is 0 Å². The smallest absolute Gasteiger partial charge is 0.173 e. The second kappa shape index (κ2) is 6.33. The predicted molar refractivity (Wildman–Crippen MR) is 80.6 cm³/mol. The molecule has 0 fully saturated rings. The number of carbonyl (C=O) groups excluding carboxylic acids is 1. The Kier molecular flexibility index (Phi) is 4.77. The van der Waals surface area contributed by atoms with Crippen molar-refractivity contribution in [2.24, 2.45) is 0 Å². The quantitative estimate of drug-likeness (QED) is 0.450. The van der Waals surface area contributed by atoms with E-state index in [2.05, 4.69) is 22.6 Å². The number of thioether (sulfide) groups is 1. The van der Waals surface area contributed by atoms with Gasteiger partial charge in [0, 0.05) is 14.0 Å². The van der Waals surface area contributed by atoms with Gasteiger partial charge in [-0.15, -0.1) is 11.8 Å². The minimum absolute atomic E-state index is 0.0136. The third-order valence-electron chi connectivity index (χ3n) is 2.36. The fraction of sp³-hybridized carbons (Fsp3) is 0.0714. The lowest BCUT2D eigenvalue weighted by atomic mass is 10.2. The molecule has 0 bridgehead atoms.